The fraction of sp³-hybridized carbons (Fsp3) is 0.0435. The maximum Gasteiger partial charge on any atom is 0.0927 e. The van der Waals surface area contributed by atoms with Gasteiger partial charge in [0.1, 0.15) is 0 Å². The third-order valence-electron chi connectivity index (χ3n) is 4.28. The first-order valence-corrected chi connectivity index (χ1v) is 8.59. The molecule has 2 heterocycles. The Morgan fingerprint density at radius 3 is 2.38 bits per heavy atom. The number of hydrogen-bond acceptors (Lipinski definition) is 2. The van der Waals surface area contributed by atoms with Gasteiger partial charge in [0.25, 0.3) is 0 Å². The van der Waals surface area contributed by atoms with Gasteiger partial charge in [0.15, 0.2) is 0 Å². The van der Waals surface area contributed by atoms with Crippen molar-refractivity contribution in [3.63, 3.8) is 0 Å². The first kappa shape index (κ1) is 16.0. The van der Waals surface area contributed by atoms with E-state index < -0.39 is 0 Å². The lowest BCUT2D eigenvalue weighted by Crippen LogP contribution is -1.77. The number of hydrogen-bond donors (Lipinski definition) is 1. The van der Waals surface area contributed by atoms with Crippen LogP contribution in [0.5, 0.6) is 0 Å². The van der Waals surface area contributed by atoms with Gasteiger partial charge in [0.2, 0.25) is 0 Å². The van der Waals surface area contributed by atoms with Crippen LogP contribution in [0.1, 0.15) is 27.9 Å². The lowest BCUT2D eigenvalue weighted by Gasteiger charge is -1.97. The lowest BCUT2D eigenvalue weighted by atomic mass is 10.1. The number of H-pyrrole nitrogens is 1. The number of aromatic amines is 1. The van der Waals surface area contributed by atoms with E-state index >= 15 is 0 Å². The van der Waals surface area contributed by atoms with Crippen LogP contribution in [0.4, 0.5) is 0 Å². The molecule has 0 atom stereocenters. The summed E-state index contributed by atoms with van der Waals surface area (Å²) in [6.45, 7) is 2.10. The topological polar surface area (TPSA) is 41.6 Å². The molecule has 1 N–H and O–H groups in total. The van der Waals surface area contributed by atoms with Crippen molar-refractivity contribution >= 4 is 35.2 Å². The molecular weight excluding hydrogens is 318 g/mol. The number of rotatable bonds is 4. The van der Waals surface area contributed by atoms with Crippen LogP contribution in [0.3, 0.4) is 0 Å². The van der Waals surface area contributed by atoms with Crippen LogP contribution >= 0.6 is 0 Å². The second-order valence-corrected chi connectivity index (χ2v) is 6.28. The number of benzene rings is 2. The van der Waals surface area contributed by atoms with Crippen molar-refractivity contribution in [2.24, 2.45) is 0 Å². The molecule has 4 aromatic rings. The first-order valence-electron chi connectivity index (χ1n) is 8.59. The molecule has 0 aliphatic heterocycles. The number of nitrogens with one attached hydrogen (secondary N) is 1. The standard InChI is InChI=1S/C23H19N3/c1-17-4-6-18(7-5-17)8-9-19-10-12-22-21(15-19)23(26-25-22)13-11-20-3-2-14-24-16-20/h2-16H,1H3,(H,25,26)/b9-8+,13-11?. The zero-order valence-electron chi connectivity index (χ0n) is 14.6. The minimum Gasteiger partial charge on any atom is -0.277 e. The van der Waals surface area contributed by atoms with Crippen molar-refractivity contribution in [2.45, 2.75) is 6.92 Å². The highest BCUT2D eigenvalue weighted by atomic mass is 15.1. The largest absolute Gasteiger partial charge is 0.277 e. The molecule has 0 fully saturated rings. The van der Waals surface area contributed by atoms with Crippen molar-refractivity contribution in [1.29, 1.82) is 0 Å². The molecule has 3 nitrogen and oxygen atoms in total. The summed E-state index contributed by atoms with van der Waals surface area (Å²) in [6.07, 6.45) is 11.9. The number of nitrogens with zero attached hydrogens (tertiary/aromatic N) is 2. The molecule has 0 saturated heterocycles. The van der Waals surface area contributed by atoms with Crippen molar-refractivity contribution in [1.82, 2.24) is 15.2 Å². The molecule has 0 bridgehead atoms. The van der Waals surface area contributed by atoms with Crippen molar-refractivity contribution in [3.8, 4) is 0 Å². The molecule has 0 unspecified atom stereocenters. The van der Waals surface area contributed by atoms with E-state index in [9.17, 15) is 0 Å². The summed E-state index contributed by atoms with van der Waals surface area (Å²) in [5.74, 6) is 0. The van der Waals surface area contributed by atoms with Gasteiger partial charge in [0, 0.05) is 17.8 Å². The molecule has 26 heavy (non-hydrogen) atoms. The van der Waals surface area contributed by atoms with E-state index in [1.54, 1.807) is 6.20 Å². The predicted molar refractivity (Wildman–Crippen MR) is 109 cm³/mol. The van der Waals surface area contributed by atoms with E-state index in [0.29, 0.717) is 0 Å². The van der Waals surface area contributed by atoms with Crippen LogP contribution < -0.4 is 0 Å². The zero-order valence-corrected chi connectivity index (χ0v) is 14.6. The third-order valence-corrected chi connectivity index (χ3v) is 4.28. The van der Waals surface area contributed by atoms with Crippen molar-refractivity contribution in [2.75, 3.05) is 0 Å². The van der Waals surface area contributed by atoms with E-state index in [-0.39, 0.29) is 0 Å². The van der Waals surface area contributed by atoms with E-state index in [1.807, 2.05) is 30.5 Å². The summed E-state index contributed by atoms with van der Waals surface area (Å²) in [5.41, 5.74) is 6.62. The molecule has 0 aliphatic carbocycles. The van der Waals surface area contributed by atoms with E-state index in [0.717, 1.165) is 27.7 Å². The summed E-state index contributed by atoms with van der Waals surface area (Å²) < 4.78 is 0. The molecule has 2 aromatic carbocycles. The first-order chi connectivity index (χ1) is 12.8. The second-order valence-electron chi connectivity index (χ2n) is 6.28. The Bertz CT molecular complexity index is 1070. The highest BCUT2D eigenvalue weighted by Crippen LogP contribution is 2.21. The van der Waals surface area contributed by atoms with Crippen LogP contribution in [-0.4, -0.2) is 15.2 Å². The zero-order chi connectivity index (χ0) is 17.8. The Kier molecular flexibility index (Phi) is 4.44. The van der Waals surface area contributed by atoms with Crippen LogP contribution in [-0.2, 0) is 0 Å². The van der Waals surface area contributed by atoms with Gasteiger partial charge in [-0.05, 0) is 47.9 Å². The molecule has 3 heteroatoms. The second kappa shape index (κ2) is 7.19. The fourth-order valence-electron chi connectivity index (χ4n) is 2.80. The van der Waals surface area contributed by atoms with Gasteiger partial charge in [-0.3, -0.25) is 10.1 Å². The molecule has 4 rings (SSSR count). The summed E-state index contributed by atoms with van der Waals surface area (Å²) >= 11 is 0. The highest BCUT2D eigenvalue weighted by Gasteiger charge is 2.03. The Morgan fingerprint density at radius 1 is 0.808 bits per heavy atom. The van der Waals surface area contributed by atoms with Crippen molar-refractivity contribution < 1.29 is 0 Å². The van der Waals surface area contributed by atoms with Gasteiger partial charge in [-0.2, -0.15) is 5.10 Å². The number of aryl methyl sites for hydroxylation is 1. The fourth-order valence-corrected chi connectivity index (χ4v) is 2.80. The highest BCUT2D eigenvalue weighted by molar-refractivity contribution is 5.91. The van der Waals surface area contributed by atoms with E-state index in [2.05, 4.69) is 76.7 Å². The summed E-state index contributed by atoms with van der Waals surface area (Å²) in [6, 6.07) is 18.8. The third kappa shape index (κ3) is 3.62. The van der Waals surface area contributed by atoms with Gasteiger partial charge in [0.05, 0.1) is 11.2 Å². The van der Waals surface area contributed by atoms with Gasteiger partial charge in [-0.1, -0.05) is 60.2 Å². The maximum atomic E-state index is 4.42. The minimum atomic E-state index is 0.925. The van der Waals surface area contributed by atoms with Crippen LogP contribution in [0.2, 0.25) is 0 Å². The minimum absolute atomic E-state index is 0.925. The average molecular weight is 337 g/mol. The van der Waals surface area contributed by atoms with Crippen molar-refractivity contribution in [3.05, 3.63) is 94.9 Å². The maximum absolute atomic E-state index is 4.42. The molecule has 0 radical (unpaired) electrons. The molecule has 2 aromatic heterocycles. The van der Waals surface area contributed by atoms with E-state index in [1.165, 1.54) is 11.1 Å². The van der Waals surface area contributed by atoms with Crippen LogP contribution in [0, 0.1) is 6.92 Å². The Balaban J connectivity index is 1.62. The number of pyridine rings is 1. The van der Waals surface area contributed by atoms with Gasteiger partial charge in [-0.25, -0.2) is 0 Å². The van der Waals surface area contributed by atoms with Crippen LogP contribution in [0.15, 0.2) is 67.0 Å². The molecule has 0 spiro atoms. The quantitative estimate of drug-likeness (QED) is 0.492. The Labute approximate surface area is 152 Å². The molecule has 0 aliphatic rings. The van der Waals surface area contributed by atoms with Gasteiger partial charge in [-0.15, -0.1) is 0 Å². The molecule has 0 amide bonds. The van der Waals surface area contributed by atoms with Gasteiger partial charge < -0.3 is 0 Å². The summed E-state index contributed by atoms with van der Waals surface area (Å²) in [4.78, 5) is 4.13. The van der Waals surface area contributed by atoms with Gasteiger partial charge >= 0.3 is 0 Å². The summed E-state index contributed by atoms with van der Waals surface area (Å²) in [7, 11) is 0. The van der Waals surface area contributed by atoms with Crippen LogP contribution in [0.25, 0.3) is 35.2 Å². The molecular formula is C23H19N3. The van der Waals surface area contributed by atoms with E-state index in [4.69, 9.17) is 0 Å². The Hall–Kier alpha value is -3.46. The average Bonchev–Trinajstić information content (AvgIpc) is 3.09. The normalized spacial score (nSPS) is 11.7. The molecule has 126 valence electrons. The Morgan fingerprint density at radius 2 is 1.58 bits per heavy atom. The molecule has 0 saturated carbocycles. The summed E-state index contributed by atoms with van der Waals surface area (Å²) in [5, 5.41) is 8.62. The lowest BCUT2D eigenvalue weighted by molar-refractivity contribution is 1.11. The number of aromatic nitrogens is 3. The predicted octanol–water partition coefficient (Wildman–Crippen LogP) is 5.61. The SMILES string of the molecule is Cc1ccc(/C=C/c2ccc3[nH]nc(C=Cc4cccnc4)c3c2)cc1. The number of fused-ring (bicyclic) bond motifs is 1. The monoisotopic (exact) mass is 337 g/mol. The smallest absolute Gasteiger partial charge is 0.0927 e.